The number of likely N-dealkylation sites (N-methyl/N-ethyl adjacent to an activating group) is 1. The molecule has 4 rings (SSSR count). The number of fused-ring (bicyclic) bond motifs is 3. The highest BCUT2D eigenvalue weighted by Gasteiger charge is 2.19. The van der Waals surface area contributed by atoms with Gasteiger partial charge in [0.25, 0.3) is 5.56 Å². The number of carbonyl (C=O) groups excluding carboxylic acids is 1. The molecule has 0 aliphatic heterocycles. The summed E-state index contributed by atoms with van der Waals surface area (Å²) in [4.78, 5) is 29.8. The number of hydrogen-bond donors (Lipinski definition) is 2. The zero-order valence-corrected chi connectivity index (χ0v) is 15.6. The number of H-pyrrole nitrogens is 1. The molecule has 0 bridgehead atoms. The van der Waals surface area contributed by atoms with Crippen LogP contribution >= 0.6 is 0 Å². The van der Waals surface area contributed by atoms with Gasteiger partial charge in [-0.05, 0) is 49.5 Å². The molecular formula is C22H25N3O2. The van der Waals surface area contributed by atoms with Crippen LogP contribution in [0.5, 0.6) is 0 Å². The number of amides is 1. The third-order valence-corrected chi connectivity index (χ3v) is 5.60. The Labute approximate surface area is 158 Å². The van der Waals surface area contributed by atoms with Gasteiger partial charge in [-0.2, -0.15) is 0 Å². The highest BCUT2D eigenvalue weighted by Crippen LogP contribution is 2.25. The molecule has 3 aromatic rings. The summed E-state index contributed by atoms with van der Waals surface area (Å²) in [6.45, 7) is 0.398. The smallest absolute Gasteiger partial charge is 0.256 e. The Bertz CT molecular complexity index is 1030. The first-order chi connectivity index (χ1) is 13.1. The minimum atomic E-state index is -0.0935. The molecule has 2 N–H and O–H groups in total. The molecule has 0 radical (unpaired) electrons. The van der Waals surface area contributed by atoms with E-state index in [1.54, 1.807) is 0 Å². The predicted molar refractivity (Wildman–Crippen MR) is 110 cm³/mol. The van der Waals surface area contributed by atoms with Gasteiger partial charge in [-0.25, -0.2) is 0 Å². The molecule has 0 atom stereocenters. The lowest BCUT2D eigenvalue weighted by molar-refractivity contribution is -0.117. The maximum absolute atomic E-state index is 12.5. The second-order valence-corrected chi connectivity index (χ2v) is 7.52. The number of pyridine rings is 1. The summed E-state index contributed by atoms with van der Waals surface area (Å²) in [6, 6.07) is 13.7. The van der Waals surface area contributed by atoms with Gasteiger partial charge in [0.05, 0.1) is 6.54 Å². The molecule has 5 nitrogen and oxygen atoms in total. The summed E-state index contributed by atoms with van der Waals surface area (Å²) in [5.41, 5.74) is 1.43. The van der Waals surface area contributed by atoms with E-state index in [1.807, 2.05) is 49.5 Å². The van der Waals surface area contributed by atoms with Crippen LogP contribution in [0.2, 0.25) is 0 Å². The molecule has 1 saturated carbocycles. The molecular weight excluding hydrogens is 338 g/mol. The Morgan fingerprint density at radius 1 is 1.07 bits per heavy atom. The number of benzene rings is 2. The van der Waals surface area contributed by atoms with Crippen molar-refractivity contribution in [2.75, 3.05) is 18.9 Å². The van der Waals surface area contributed by atoms with Crippen molar-refractivity contribution < 1.29 is 4.79 Å². The fraction of sp³-hybridized carbons (Fsp3) is 0.364. The Hall–Kier alpha value is -2.66. The van der Waals surface area contributed by atoms with Crippen molar-refractivity contribution in [1.29, 1.82) is 0 Å². The van der Waals surface area contributed by atoms with E-state index < -0.39 is 0 Å². The zero-order valence-electron chi connectivity index (χ0n) is 15.6. The molecule has 1 heterocycles. The molecule has 5 heteroatoms. The van der Waals surface area contributed by atoms with E-state index in [0.29, 0.717) is 18.0 Å². The van der Waals surface area contributed by atoms with Crippen LogP contribution in [0.25, 0.3) is 21.7 Å². The molecule has 0 saturated heterocycles. The zero-order chi connectivity index (χ0) is 18.8. The van der Waals surface area contributed by atoms with Gasteiger partial charge in [0, 0.05) is 28.0 Å². The predicted octanol–water partition coefficient (Wildman–Crippen LogP) is 3.88. The number of carbonyl (C=O) groups is 1. The van der Waals surface area contributed by atoms with E-state index in [4.69, 9.17) is 0 Å². The van der Waals surface area contributed by atoms with Crippen molar-refractivity contribution in [3.8, 4) is 0 Å². The number of rotatable bonds is 4. The van der Waals surface area contributed by atoms with Crippen LogP contribution in [0.3, 0.4) is 0 Å². The summed E-state index contributed by atoms with van der Waals surface area (Å²) >= 11 is 0. The fourth-order valence-electron chi connectivity index (χ4n) is 4.14. The molecule has 1 amide bonds. The number of aromatic nitrogens is 1. The van der Waals surface area contributed by atoms with E-state index >= 15 is 0 Å². The molecule has 0 spiro atoms. The molecule has 27 heavy (non-hydrogen) atoms. The number of aromatic amines is 1. The quantitative estimate of drug-likeness (QED) is 0.691. The first-order valence-corrected chi connectivity index (χ1v) is 9.67. The van der Waals surface area contributed by atoms with Crippen LogP contribution in [0.15, 0.2) is 47.3 Å². The standard InChI is InChI=1S/C22H25N3O2/c1-25(16-7-3-2-4-8-16)14-21(26)23-15-11-12-20-19(13-15)17-9-5-6-10-18(17)22(27)24-20/h5-6,9-13,16H,2-4,7-8,14H2,1H3,(H,23,26)(H,24,27). The van der Waals surface area contributed by atoms with Crippen molar-refractivity contribution in [1.82, 2.24) is 9.88 Å². The summed E-state index contributed by atoms with van der Waals surface area (Å²) in [5.74, 6) is -0.00356. The first kappa shape index (κ1) is 17.7. The molecule has 0 unspecified atom stereocenters. The Kier molecular flexibility index (Phi) is 4.94. The van der Waals surface area contributed by atoms with Crippen molar-refractivity contribution in [3.63, 3.8) is 0 Å². The van der Waals surface area contributed by atoms with Crippen molar-refractivity contribution in [2.45, 2.75) is 38.1 Å². The number of anilines is 1. The van der Waals surface area contributed by atoms with Crippen molar-refractivity contribution in [2.24, 2.45) is 0 Å². The Morgan fingerprint density at radius 2 is 1.81 bits per heavy atom. The second-order valence-electron chi connectivity index (χ2n) is 7.52. The summed E-state index contributed by atoms with van der Waals surface area (Å²) < 4.78 is 0. The minimum Gasteiger partial charge on any atom is -0.325 e. The van der Waals surface area contributed by atoms with Crippen LogP contribution < -0.4 is 10.9 Å². The van der Waals surface area contributed by atoms with Crippen LogP contribution in [-0.4, -0.2) is 35.4 Å². The van der Waals surface area contributed by atoms with Gasteiger partial charge in [0.15, 0.2) is 0 Å². The molecule has 2 aromatic carbocycles. The van der Waals surface area contributed by atoms with Crippen LogP contribution in [0, 0.1) is 0 Å². The largest absolute Gasteiger partial charge is 0.325 e. The molecule has 140 valence electrons. The lowest BCUT2D eigenvalue weighted by atomic mass is 9.94. The van der Waals surface area contributed by atoms with Gasteiger partial charge in [0.2, 0.25) is 5.91 Å². The normalized spacial score (nSPS) is 15.5. The number of hydrogen-bond acceptors (Lipinski definition) is 3. The number of nitrogens with zero attached hydrogens (tertiary/aromatic N) is 1. The van der Waals surface area contributed by atoms with E-state index in [2.05, 4.69) is 15.2 Å². The second kappa shape index (κ2) is 7.53. The highest BCUT2D eigenvalue weighted by atomic mass is 16.2. The summed E-state index contributed by atoms with van der Waals surface area (Å²) in [7, 11) is 2.04. The summed E-state index contributed by atoms with van der Waals surface area (Å²) in [5, 5.41) is 5.50. The van der Waals surface area contributed by atoms with Crippen LogP contribution in [0.4, 0.5) is 5.69 Å². The first-order valence-electron chi connectivity index (χ1n) is 9.67. The van der Waals surface area contributed by atoms with E-state index in [9.17, 15) is 9.59 Å². The Balaban J connectivity index is 1.55. The topological polar surface area (TPSA) is 65.2 Å². The van der Waals surface area contributed by atoms with Gasteiger partial charge in [-0.15, -0.1) is 0 Å². The maximum Gasteiger partial charge on any atom is 0.256 e. The van der Waals surface area contributed by atoms with Gasteiger partial charge in [0.1, 0.15) is 0 Å². The fourth-order valence-corrected chi connectivity index (χ4v) is 4.14. The molecule has 1 aromatic heterocycles. The maximum atomic E-state index is 12.5. The summed E-state index contributed by atoms with van der Waals surface area (Å²) in [6.07, 6.45) is 6.18. The average molecular weight is 363 g/mol. The van der Waals surface area contributed by atoms with Crippen molar-refractivity contribution in [3.05, 3.63) is 52.8 Å². The van der Waals surface area contributed by atoms with E-state index in [-0.39, 0.29) is 11.5 Å². The lowest BCUT2D eigenvalue weighted by Crippen LogP contribution is -2.39. The average Bonchev–Trinajstić information content (AvgIpc) is 2.69. The third-order valence-electron chi connectivity index (χ3n) is 5.60. The number of nitrogens with one attached hydrogen (secondary N) is 2. The highest BCUT2D eigenvalue weighted by molar-refractivity contribution is 6.07. The van der Waals surface area contributed by atoms with Crippen LogP contribution in [0.1, 0.15) is 32.1 Å². The van der Waals surface area contributed by atoms with Gasteiger partial charge >= 0.3 is 0 Å². The van der Waals surface area contributed by atoms with Gasteiger partial charge in [-0.3, -0.25) is 14.5 Å². The Morgan fingerprint density at radius 3 is 2.59 bits per heavy atom. The minimum absolute atomic E-state index is 0.00356. The lowest BCUT2D eigenvalue weighted by Gasteiger charge is -2.30. The third kappa shape index (κ3) is 3.74. The molecule has 1 fully saturated rings. The van der Waals surface area contributed by atoms with E-state index in [1.165, 1.54) is 32.1 Å². The van der Waals surface area contributed by atoms with Crippen LogP contribution in [-0.2, 0) is 4.79 Å². The van der Waals surface area contributed by atoms with Crippen molar-refractivity contribution >= 4 is 33.3 Å². The van der Waals surface area contributed by atoms with Gasteiger partial charge < -0.3 is 10.3 Å². The molecule has 1 aliphatic rings. The SMILES string of the molecule is CN(CC(=O)Nc1ccc2[nH]c(=O)c3ccccc3c2c1)C1CCCCC1. The van der Waals surface area contributed by atoms with E-state index in [0.717, 1.165) is 22.0 Å². The van der Waals surface area contributed by atoms with Gasteiger partial charge in [-0.1, -0.05) is 37.5 Å². The monoisotopic (exact) mass is 363 g/mol. The molecule has 1 aliphatic carbocycles.